The Morgan fingerprint density at radius 1 is 0.939 bits per heavy atom. The Morgan fingerprint density at radius 2 is 1.64 bits per heavy atom. The fraction of sp³-hybridized carbons (Fsp3) is 0.167. The van der Waals surface area contributed by atoms with Crippen LogP contribution in [0.15, 0.2) is 85.6 Å². The van der Waals surface area contributed by atoms with E-state index in [0.717, 1.165) is 28.6 Å². The Hall–Kier alpha value is -3.85. The molecule has 9 heteroatoms. The third-order valence-corrected chi connectivity index (χ3v) is 5.84. The zero-order valence-corrected chi connectivity index (χ0v) is 19.0. The molecule has 0 aliphatic rings. The Kier molecular flexibility index (Phi) is 6.32. The van der Waals surface area contributed by atoms with E-state index in [4.69, 9.17) is 9.72 Å². The molecule has 0 aliphatic heterocycles. The second-order valence-corrected chi connectivity index (χ2v) is 9.30. The Labute approximate surface area is 192 Å². The monoisotopic (exact) mass is 461 g/mol. The largest absolute Gasteiger partial charge is 0.481 e. The first-order valence-electron chi connectivity index (χ1n) is 10.2. The van der Waals surface area contributed by atoms with Crippen molar-refractivity contribution in [1.29, 1.82) is 0 Å². The number of hydrogen-bond acceptors (Lipinski definition) is 7. The third-order valence-electron chi connectivity index (χ3n) is 5.26. The molecule has 0 unspecified atom stereocenters. The number of pyridine rings is 4. The fourth-order valence-electron chi connectivity index (χ4n) is 3.89. The quantitative estimate of drug-likeness (QED) is 0.429. The number of nitrogens with zero attached hydrogens (tertiary/aromatic N) is 4. The lowest BCUT2D eigenvalue weighted by Gasteiger charge is -2.34. The summed E-state index contributed by atoms with van der Waals surface area (Å²) in [5.41, 5.74) is 2.65. The number of methoxy groups -OCH3 is 1. The predicted octanol–water partition coefficient (Wildman–Crippen LogP) is 3.22. The van der Waals surface area contributed by atoms with Gasteiger partial charge in [0.05, 0.1) is 24.5 Å². The van der Waals surface area contributed by atoms with E-state index in [9.17, 15) is 8.42 Å². The lowest BCUT2D eigenvalue weighted by molar-refractivity contribution is 0.393. The highest BCUT2D eigenvalue weighted by Gasteiger charge is 2.39. The van der Waals surface area contributed by atoms with Crippen LogP contribution in [0.5, 0.6) is 5.88 Å². The molecule has 4 heterocycles. The molecule has 0 fully saturated rings. The zero-order chi connectivity index (χ0) is 23.3. The van der Waals surface area contributed by atoms with Gasteiger partial charge in [-0.2, -0.15) is 0 Å². The van der Waals surface area contributed by atoms with Crippen LogP contribution in [0.25, 0.3) is 0 Å². The Bertz CT molecular complexity index is 1290. The minimum Gasteiger partial charge on any atom is -0.481 e. The van der Waals surface area contributed by atoms with E-state index in [1.165, 1.54) is 0 Å². The summed E-state index contributed by atoms with van der Waals surface area (Å²) >= 11 is 0. The van der Waals surface area contributed by atoms with Crippen molar-refractivity contribution in [2.75, 3.05) is 18.1 Å². The molecule has 0 atom stereocenters. The van der Waals surface area contributed by atoms with Gasteiger partial charge in [-0.3, -0.25) is 14.7 Å². The van der Waals surface area contributed by atoms with Crippen LogP contribution < -0.4 is 9.46 Å². The standard InChI is InChI=1S/C24H23N5O3S/c1-32-23-9-3-8-21(28-23)24(19-6-4-11-25-16-19,20-7-5-12-26-17-20)15-18-10-13-27-22(14-18)29-33(2,30)31/h3-14,16-17H,15H2,1-2H3,(H,27,29). The van der Waals surface area contributed by atoms with Gasteiger partial charge in [0.1, 0.15) is 5.82 Å². The molecule has 0 aliphatic carbocycles. The summed E-state index contributed by atoms with van der Waals surface area (Å²) in [5, 5.41) is 0. The highest BCUT2D eigenvalue weighted by atomic mass is 32.2. The molecular formula is C24H23N5O3S. The molecule has 0 bridgehead atoms. The van der Waals surface area contributed by atoms with Gasteiger partial charge in [-0.05, 0) is 53.4 Å². The number of nitrogens with one attached hydrogen (secondary N) is 1. The van der Waals surface area contributed by atoms with Crippen molar-refractivity contribution in [1.82, 2.24) is 19.9 Å². The van der Waals surface area contributed by atoms with Crippen molar-refractivity contribution in [2.45, 2.75) is 11.8 Å². The number of hydrogen-bond donors (Lipinski definition) is 1. The van der Waals surface area contributed by atoms with Crippen molar-refractivity contribution < 1.29 is 13.2 Å². The summed E-state index contributed by atoms with van der Waals surface area (Å²) in [7, 11) is -1.89. The van der Waals surface area contributed by atoms with Crippen LogP contribution in [0.3, 0.4) is 0 Å². The van der Waals surface area contributed by atoms with Gasteiger partial charge in [-0.25, -0.2) is 18.4 Å². The van der Waals surface area contributed by atoms with Crippen LogP contribution >= 0.6 is 0 Å². The molecule has 4 rings (SSSR count). The average Bonchev–Trinajstić information content (AvgIpc) is 2.83. The fourth-order valence-corrected chi connectivity index (χ4v) is 4.38. The lowest BCUT2D eigenvalue weighted by Crippen LogP contribution is -2.33. The van der Waals surface area contributed by atoms with Gasteiger partial charge in [0, 0.05) is 37.1 Å². The zero-order valence-electron chi connectivity index (χ0n) is 18.2. The van der Waals surface area contributed by atoms with E-state index in [0.29, 0.717) is 12.3 Å². The normalized spacial score (nSPS) is 11.7. The van der Waals surface area contributed by atoms with E-state index in [1.807, 2.05) is 54.9 Å². The maximum absolute atomic E-state index is 11.7. The number of anilines is 1. The summed E-state index contributed by atoms with van der Waals surface area (Å²) < 4.78 is 31.3. The van der Waals surface area contributed by atoms with Gasteiger partial charge in [-0.15, -0.1) is 0 Å². The summed E-state index contributed by atoms with van der Waals surface area (Å²) in [6.45, 7) is 0. The molecule has 4 aromatic rings. The molecule has 0 saturated heterocycles. The summed E-state index contributed by atoms with van der Waals surface area (Å²) in [6.07, 6.45) is 10.2. The van der Waals surface area contributed by atoms with Gasteiger partial charge in [0.2, 0.25) is 15.9 Å². The van der Waals surface area contributed by atoms with Crippen LogP contribution in [0, 0.1) is 0 Å². The molecule has 0 aromatic carbocycles. The van der Waals surface area contributed by atoms with Crippen LogP contribution in [-0.4, -0.2) is 41.7 Å². The first kappa shape index (κ1) is 22.3. The average molecular weight is 462 g/mol. The van der Waals surface area contributed by atoms with Crippen LogP contribution in [0.4, 0.5) is 5.82 Å². The highest BCUT2D eigenvalue weighted by Crippen LogP contribution is 2.41. The highest BCUT2D eigenvalue weighted by molar-refractivity contribution is 7.92. The number of aromatic nitrogens is 4. The van der Waals surface area contributed by atoms with Gasteiger partial charge in [0.25, 0.3) is 0 Å². The van der Waals surface area contributed by atoms with Crippen LogP contribution in [-0.2, 0) is 21.9 Å². The smallest absolute Gasteiger partial charge is 0.230 e. The number of rotatable bonds is 8. The Morgan fingerprint density at radius 3 is 2.21 bits per heavy atom. The van der Waals surface area contributed by atoms with E-state index in [1.54, 1.807) is 37.8 Å². The van der Waals surface area contributed by atoms with Crippen molar-refractivity contribution in [3.63, 3.8) is 0 Å². The Balaban J connectivity index is 1.95. The van der Waals surface area contributed by atoms with E-state index in [-0.39, 0.29) is 5.82 Å². The lowest BCUT2D eigenvalue weighted by atomic mass is 9.69. The second kappa shape index (κ2) is 9.33. The van der Waals surface area contributed by atoms with Crippen molar-refractivity contribution in [3.8, 4) is 5.88 Å². The summed E-state index contributed by atoms with van der Waals surface area (Å²) in [5.74, 6) is 0.735. The van der Waals surface area contributed by atoms with Gasteiger partial charge in [0.15, 0.2) is 0 Å². The molecule has 0 saturated carbocycles. The third kappa shape index (κ3) is 4.98. The first-order chi connectivity index (χ1) is 15.9. The topological polar surface area (TPSA) is 107 Å². The molecule has 8 nitrogen and oxygen atoms in total. The van der Waals surface area contributed by atoms with Crippen LogP contribution in [0.2, 0.25) is 0 Å². The van der Waals surface area contributed by atoms with Crippen LogP contribution in [0.1, 0.15) is 22.4 Å². The SMILES string of the molecule is COc1cccc(C(Cc2ccnc(NS(C)(=O)=O)c2)(c2cccnc2)c2cccnc2)n1. The maximum Gasteiger partial charge on any atom is 0.230 e. The molecule has 168 valence electrons. The number of sulfonamides is 1. The van der Waals surface area contributed by atoms with Crippen molar-refractivity contribution >= 4 is 15.8 Å². The molecule has 1 N–H and O–H groups in total. The van der Waals surface area contributed by atoms with Gasteiger partial charge < -0.3 is 4.74 Å². The maximum atomic E-state index is 11.7. The minimum absolute atomic E-state index is 0.250. The summed E-state index contributed by atoms with van der Waals surface area (Å²) in [4.78, 5) is 17.7. The molecule has 33 heavy (non-hydrogen) atoms. The molecule has 0 spiro atoms. The second-order valence-electron chi connectivity index (χ2n) is 7.55. The van der Waals surface area contributed by atoms with Crippen molar-refractivity contribution in [2.24, 2.45) is 0 Å². The molecule has 4 aromatic heterocycles. The van der Waals surface area contributed by atoms with Gasteiger partial charge >= 0.3 is 0 Å². The predicted molar refractivity (Wildman–Crippen MR) is 126 cm³/mol. The van der Waals surface area contributed by atoms with E-state index in [2.05, 4.69) is 19.7 Å². The first-order valence-corrected chi connectivity index (χ1v) is 12.0. The van der Waals surface area contributed by atoms with Gasteiger partial charge in [-0.1, -0.05) is 18.2 Å². The molecule has 0 amide bonds. The van der Waals surface area contributed by atoms with E-state index < -0.39 is 15.4 Å². The van der Waals surface area contributed by atoms with Crippen molar-refractivity contribution in [3.05, 3.63) is 108 Å². The van der Waals surface area contributed by atoms with E-state index >= 15 is 0 Å². The minimum atomic E-state index is -3.46. The molecule has 0 radical (unpaired) electrons. The number of ether oxygens (including phenoxy) is 1. The molecular weight excluding hydrogens is 438 g/mol. The summed E-state index contributed by atoms with van der Waals surface area (Å²) in [6, 6.07) is 17.0.